The molecule has 0 aliphatic heterocycles. The second-order valence-electron chi connectivity index (χ2n) is 7.95. The fraction of sp³-hybridized carbons (Fsp3) is 0.840. The van der Waals surface area contributed by atoms with Crippen LogP contribution in [0.2, 0.25) is 0 Å². The van der Waals surface area contributed by atoms with E-state index in [2.05, 4.69) is 31.3 Å². The van der Waals surface area contributed by atoms with E-state index in [1.807, 2.05) is 0 Å². The Morgan fingerprint density at radius 2 is 1.14 bits per heavy atom. The Hall–Kier alpha value is 0.210. The van der Waals surface area contributed by atoms with Crippen LogP contribution in [0.5, 0.6) is 0 Å². The molecule has 0 heterocycles. The Morgan fingerprint density at radius 3 is 1.61 bits per heavy atom. The number of hydrogen-bond acceptors (Lipinski definition) is 1. The normalized spacial score (nSPS) is 10.9. The Morgan fingerprint density at radius 1 is 0.714 bits per heavy atom. The third kappa shape index (κ3) is 26.2. The van der Waals surface area contributed by atoms with E-state index in [-0.39, 0.29) is 35.5 Å². The zero-order valence-electron chi connectivity index (χ0n) is 19.4. The number of hydrogen-bond donors (Lipinski definition) is 1. The topological polar surface area (TPSA) is 29.1 Å². The average molecular weight is 402 g/mol. The molecule has 0 saturated heterocycles. The molecule has 0 unspecified atom stereocenters. The maximum atomic E-state index is 11.4. The van der Waals surface area contributed by atoms with Crippen molar-refractivity contribution in [1.29, 1.82) is 0 Å². The minimum Gasteiger partial charge on any atom is -0.359 e. The van der Waals surface area contributed by atoms with Crippen molar-refractivity contribution in [3.63, 3.8) is 0 Å². The van der Waals surface area contributed by atoms with Gasteiger partial charge in [0.2, 0.25) is 5.91 Å². The van der Waals surface area contributed by atoms with Crippen LogP contribution < -0.4 is 34.9 Å². The Kier molecular flexibility index (Phi) is 29.5. The van der Waals surface area contributed by atoms with Gasteiger partial charge in [-0.2, -0.15) is 6.42 Å². The van der Waals surface area contributed by atoms with Gasteiger partial charge in [0.05, 0.1) is 0 Å². The summed E-state index contributed by atoms with van der Waals surface area (Å²) in [4.78, 5) is 11.4. The fourth-order valence-corrected chi connectivity index (χ4v) is 3.38. The first-order valence-electron chi connectivity index (χ1n) is 12.0. The van der Waals surface area contributed by atoms with Gasteiger partial charge in [0.15, 0.2) is 0 Å². The third-order valence-electron chi connectivity index (χ3n) is 5.16. The van der Waals surface area contributed by atoms with E-state index in [9.17, 15) is 4.79 Å². The van der Waals surface area contributed by atoms with E-state index in [0.29, 0.717) is 13.0 Å². The number of allylic oxidation sites excluding steroid dienone is 2. The van der Waals surface area contributed by atoms with Crippen molar-refractivity contribution in [2.24, 2.45) is 0 Å². The third-order valence-corrected chi connectivity index (χ3v) is 5.16. The van der Waals surface area contributed by atoms with Gasteiger partial charge in [0.1, 0.15) is 0 Å². The number of carbonyl (C=O) groups is 1. The van der Waals surface area contributed by atoms with Gasteiger partial charge in [-0.1, -0.05) is 96.1 Å². The molecule has 160 valence electrons. The van der Waals surface area contributed by atoms with Gasteiger partial charge in [0.25, 0.3) is 0 Å². The van der Waals surface area contributed by atoms with Crippen LogP contribution >= 0.6 is 0 Å². The van der Waals surface area contributed by atoms with E-state index in [0.717, 1.165) is 12.8 Å². The van der Waals surface area contributed by atoms with Crippen LogP contribution in [0.25, 0.3) is 0 Å². The molecule has 3 heteroatoms. The molecule has 0 aliphatic rings. The van der Waals surface area contributed by atoms with Crippen LogP contribution in [0, 0.1) is 6.92 Å². The minimum absolute atomic E-state index is 0. The van der Waals surface area contributed by atoms with Gasteiger partial charge in [-0.05, 0) is 38.6 Å². The number of nitrogens with one attached hydrogen (secondary N) is 1. The number of carbonyl (C=O) groups excluding carboxylic acids is 1. The summed E-state index contributed by atoms with van der Waals surface area (Å²) in [5, 5.41) is 2.88. The minimum atomic E-state index is 0. The van der Waals surface area contributed by atoms with E-state index >= 15 is 0 Å². The summed E-state index contributed by atoms with van der Waals surface area (Å²) in [6.07, 6.45) is 28.9. The van der Waals surface area contributed by atoms with E-state index < -0.39 is 0 Å². The van der Waals surface area contributed by atoms with Crippen molar-refractivity contribution in [3.05, 3.63) is 19.1 Å². The first kappa shape index (κ1) is 30.4. The Bertz CT molecular complexity index is 331. The molecular weight excluding hydrogens is 353 g/mol. The predicted molar refractivity (Wildman–Crippen MR) is 121 cm³/mol. The molecule has 0 aliphatic carbocycles. The number of unbranched alkanes of at least 4 members (excludes halogenated alkanes) is 15. The van der Waals surface area contributed by atoms with Gasteiger partial charge >= 0.3 is 29.6 Å². The van der Waals surface area contributed by atoms with Crippen molar-refractivity contribution in [1.82, 2.24) is 5.32 Å². The van der Waals surface area contributed by atoms with Crippen LogP contribution in [0.3, 0.4) is 0 Å². The van der Waals surface area contributed by atoms with Gasteiger partial charge in [-0.3, -0.25) is 4.79 Å². The first-order valence-corrected chi connectivity index (χ1v) is 12.0. The standard InChI is InChI=1S/C25H48NO.Na/c1-3-5-6-7-8-9-10-11-12-13-14-15-16-17-18-19-20-21-22-23-25(27)26-24-4-2;/h11-12H,2-10,13-24H2,1H3,(H,26,27);/q-1;+1/b12-11-;. The number of amides is 1. The monoisotopic (exact) mass is 401 g/mol. The average Bonchev–Trinajstić information content (AvgIpc) is 2.68. The molecular formula is C25H48NNaO. The molecule has 0 atom stereocenters. The quantitative estimate of drug-likeness (QED) is 0.126. The van der Waals surface area contributed by atoms with Crippen LogP contribution in [0.15, 0.2) is 12.2 Å². The van der Waals surface area contributed by atoms with E-state index in [1.54, 1.807) is 0 Å². The molecule has 2 nitrogen and oxygen atoms in total. The molecule has 0 bridgehead atoms. The zero-order chi connectivity index (χ0) is 19.8. The van der Waals surface area contributed by atoms with E-state index in [4.69, 9.17) is 0 Å². The van der Waals surface area contributed by atoms with Crippen molar-refractivity contribution >= 4 is 5.91 Å². The molecule has 0 fully saturated rings. The SMILES string of the molecule is [CH2-]CCNC(=O)CCCCCCCCCCC/C=C\CCCCCCCC.[Na+]. The maximum Gasteiger partial charge on any atom is 1.00 e. The predicted octanol–water partition coefficient (Wildman–Crippen LogP) is 4.93. The molecule has 0 aromatic carbocycles. The maximum absolute atomic E-state index is 11.4. The van der Waals surface area contributed by atoms with Gasteiger partial charge in [0, 0.05) is 6.42 Å². The molecule has 0 spiro atoms. The molecule has 1 amide bonds. The van der Waals surface area contributed by atoms with Crippen LogP contribution in [0.1, 0.15) is 129 Å². The molecule has 0 aromatic heterocycles. The van der Waals surface area contributed by atoms with Gasteiger partial charge in [-0.25, -0.2) is 0 Å². The molecule has 0 saturated carbocycles. The van der Waals surface area contributed by atoms with Crippen LogP contribution in [-0.4, -0.2) is 12.5 Å². The van der Waals surface area contributed by atoms with Crippen molar-refractivity contribution in [2.75, 3.05) is 6.54 Å². The molecule has 1 N–H and O–H groups in total. The summed E-state index contributed by atoms with van der Waals surface area (Å²) >= 11 is 0. The van der Waals surface area contributed by atoms with Crippen molar-refractivity contribution < 1.29 is 34.4 Å². The van der Waals surface area contributed by atoms with E-state index in [1.165, 1.54) is 103 Å². The molecule has 0 radical (unpaired) electrons. The summed E-state index contributed by atoms with van der Waals surface area (Å²) in [7, 11) is 0. The van der Waals surface area contributed by atoms with Gasteiger partial charge in [-0.15, -0.1) is 0 Å². The zero-order valence-corrected chi connectivity index (χ0v) is 21.4. The smallest absolute Gasteiger partial charge is 0.359 e. The Labute approximate surface area is 199 Å². The summed E-state index contributed by atoms with van der Waals surface area (Å²) in [5.74, 6) is 0.194. The summed E-state index contributed by atoms with van der Waals surface area (Å²) < 4.78 is 0. The van der Waals surface area contributed by atoms with Crippen molar-refractivity contribution in [3.8, 4) is 0 Å². The fourth-order valence-electron chi connectivity index (χ4n) is 3.38. The second kappa shape index (κ2) is 27.2. The molecule has 28 heavy (non-hydrogen) atoms. The molecule has 0 rings (SSSR count). The van der Waals surface area contributed by atoms with Crippen LogP contribution in [-0.2, 0) is 4.79 Å². The molecule has 0 aromatic rings. The summed E-state index contributed by atoms with van der Waals surface area (Å²) in [6.45, 7) is 6.72. The van der Waals surface area contributed by atoms with Crippen LogP contribution in [0.4, 0.5) is 0 Å². The van der Waals surface area contributed by atoms with Crippen molar-refractivity contribution in [2.45, 2.75) is 129 Å². The summed E-state index contributed by atoms with van der Waals surface area (Å²) in [5.41, 5.74) is 0. The first-order chi connectivity index (χ1) is 13.3. The summed E-state index contributed by atoms with van der Waals surface area (Å²) in [6, 6.07) is 0. The largest absolute Gasteiger partial charge is 1.00 e. The van der Waals surface area contributed by atoms with Gasteiger partial charge < -0.3 is 12.2 Å². The Balaban J connectivity index is 0. The second-order valence-corrected chi connectivity index (χ2v) is 7.95. The number of rotatable bonds is 21.